The lowest BCUT2D eigenvalue weighted by Gasteiger charge is -2.37. The lowest BCUT2D eigenvalue weighted by atomic mass is 9.72. The lowest BCUT2D eigenvalue weighted by molar-refractivity contribution is -0.137. The van der Waals surface area contributed by atoms with Gasteiger partial charge in [0.25, 0.3) is 5.91 Å². The van der Waals surface area contributed by atoms with Crippen molar-refractivity contribution in [3.8, 4) is 5.75 Å². The predicted molar refractivity (Wildman–Crippen MR) is 164 cm³/mol. The van der Waals surface area contributed by atoms with Gasteiger partial charge in [0, 0.05) is 30.6 Å². The smallest absolute Gasteiger partial charge is 0.416 e. The molecule has 2 heterocycles. The first-order valence-corrected chi connectivity index (χ1v) is 15.3. The minimum absolute atomic E-state index is 0.0410. The number of benzene rings is 3. The van der Waals surface area contributed by atoms with E-state index in [1.54, 1.807) is 29.2 Å². The number of nitrogens with one attached hydrogen (secondary N) is 2. The predicted octanol–water partition coefficient (Wildman–Crippen LogP) is 6.10. The van der Waals surface area contributed by atoms with Gasteiger partial charge in [-0.2, -0.15) is 13.2 Å². The van der Waals surface area contributed by atoms with Crippen molar-refractivity contribution in [3.05, 3.63) is 101 Å². The second kappa shape index (κ2) is 13.0. The SMILES string of the molecule is CC(C)Oc1cccc(C(=O)N2CCC(CCNC(=O)C3(c4ccccc4)CCNCC3)(c3ccc(C(F)(F)F)cc3)C2)c1. The molecule has 0 bridgehead atoms. The van der Waals surface area contributed by atoms with E-state index in [9.17, 15) is 22.8 Å². The highest BCUT2D eigenvalue weighted by Crippen LogP contribution is 2.40. The molecule has 2 saturated heterocycles. The fraction of sp³-hybridized carbons (Fsp3) is 0.429. The van der Waals surface area contributed by atoms with Gasteiger partial charge in [0.2, 0.25) is 5.91 Å². The zero-order valence-electron chi connectivity index (χ0n) is 25.3. The number of alkyl halides is 3. The third-order valence-electron chi connectivity index (χ3n) is 9.03. The van der Waals surface area contributed by atoms with Crippen molar-refractivity contribution in [2.24, 2.45) is 0 Å². The molecule has 0 saturated carbocycles. The van der Waals surface area contributed by atoms with Crippen LogP contribution in [0.25, 0.3) is 0 Å². The summed E-state index contributed by atoms with van der Waals surface area (Å²) in [6, 6.07) is 22.1. The molecule has 0 aromatic heterocycles. The van der Waals surface area contributed by atoms with Crippen molar-refractivity contribution in [1.29, 1.82) is 0 Å². The zero-order chi connectivity index (χ0) is 31.4. The Morgan fingerprint density at radius 1 is 0.932 bits per heavy atom. The molecule has 9 heteroatoms. The second-order valence-electron chi connectivity index (χ2n) is 12.2. The van der Waals surface area contributed by atoms with Crippen LogP contribution >= 0.6 is 0 Å². The molecule has 2 aliphatic rings. The molecule has 0 radical (unpaired) electrons. The number of carbonyl (C=O) groups is 2. The molecule has 0 spiro atoms. The summed E-state index contributed by atoms with van der Waals surface area (Å²) in [5, 5.41) is 6.53. The molecular formula is C35H40F3N3O3. The van der Waals surface area contributed by atoms with Gasteiger partial charge < -0.3 is 20.3 Å². The van der Waals surface area contributed by atoms with Crippen LogP contribution < -0.4 is 15.4 Å². The van der Waals surface area contributed by atoms with Crippen LogP contribution in [0.15, 0.2) is 78.9 Å². The molecule has 0 aliphatic carbocycles. The summed E-state index contributed by atoms with van der Waals surface area (Å²) >= 11 is 0. The number of ether oxygens (including phenoxy) is 1. The Balaban J connectivity index is 1.37. The Bertz CT molecular complexity index is 1440. The minimum atomic E-state index is -4.44. The van der Waals surface area contributed by atoms with Crippen LogP contribution in [0.3, 0.4) is 0 Å². The molecule has 5 rings (SSSR count). The van der Waals surface area contributed by atoms with E-state index in [0.717, 1.165) is 36.3 Å². The van der Waals surface area contributed by atoms with Crippen molar-refractivity contribution in [2.75, 3.05) is 32.7 Å². The number of hydrogen-bond donors (Lipinski definition) is 2. The molecule has 1 unspecified atom stereocenters. The quantitative estimate of drug-likeness (QED) is 0.308. The average Bonchev–Trinajstić information content (AvgIpc) is 3.46. The van der Waals surface area contributed by atoms with Gasteiger partial charge in [0.05, 0.1) is 17.1 Å². The first-order chi connectivity index (χ1) is 21.0. The fourth-order valence-electron chi connectivity index (χ4n) is 6.64. The Morgan fingerprint density at radius 3 is 2.30 bits per heavy atom. The van der Waals surface area contributed by atoms with Crippen LogP contribution in [-0.4, -0.2) is 55.5 Å². The van der Waals surface area contributed by atoms with E-state index >= 15 is 0 Å². The number of piperidine rings is 1. The van der Waals surface area contributed by atoms with E-state index < -0.39 is 22.6 Å². The molecule has 2 fully saturated rings. The molecule has 2 N–H and O–H groups in total. The van der Waals surface area contributed by atoms with Gasteiger partial charge in [-0.05, 0) is 94.1 Å². The van der Waals surface area contributed by atoms with Gasteiger partial charge in [0.15, 0.2) is 0 Å². The molecule has 1 atom stereocenters. The summed E-state index contributed by atoms with van der Waals surface area (Å²) < 4.78 is 45.9. The number of hydrogen-bond acceptors (Lipinski definition) is 4. The minimum Gasteiger partial charge on any atom is -0.491 e. The van der Waals surface area contributed by atoms with E-state index in [4.69, 9.17) is 4.74 Å². The van der Waals surface area contributed by atoms with E-state index in [1.807, 2.05) is 44.2 Å². The summed E-state index contributed by atoms with van der Waals surface area (Å²) in [4.78, 5) is 29.2. The Kier molecular flexibility index (Phi) is 9.34. The summed E-state index contributed by atoms with van der Waals surface area (Å²) in [6.45, 7) is 6.41. The standard InChI is InChI=1S/C35H40F3N3O3/c1-25(2)44-30-10-6-7-26(23-30)31(42)41-22-18-33(24-41,27-11-13-29(14-12-27)35(36,37)38)15-21-40-32(43)34(16-19-39-20-17-34)28-8-4-3-5-9-28/h3-14,23,25,39H,15-22,24H2,1-2H3,(H,40,43). The van der Waals surface area contributed by atoms with E-state index in [2.05, 4.69) is 10.6 Å². The summed E-state index contributed by atoms with van der Waals surface area (Å²) in [5.74, 6) is 0.405. The van der Waals surface area contributed by atoms with E-state index in [1.165, 1.54) is 12.1 Å². The molecule has 2 amide bonds. The Hall–Kier alpha value is -3.85. The lowest BCUT2D eigenvalue weighted by Crippen LogP contribution is -2.51. The highest BCUT2D eigenvalue weighted by molar-refractivity contribution is 5.95. The van der Waals surface area contributed by atoms with Crippen molar-refractivity contribution < 1.29 is 27.5 Å². The van der Waals surface area contributed by atoms with Crippen LogP contribution in [0, 0.1) is 0 Å². The van der Waals surface area contributed by atoms with Crippen molar-refractivity contribution in [3.63, 3.8) is 0 Å². The molecule has 44 heavy (non-hydrogen) atoms. The summed E-state index contributed by atoms with van der Waals surface area (Å²) in [7, 11) is 0. The van der Waals surface area contributed by atoms with Crippen molar-refractivity contribution in [1.82, 2.24) is 15.5 Å². The first-order valence-electron chi connectivity index (χ1n) is 15.3. The summed E-state index contributed by atoms with van der Waals surface area (Å²) in [5.41, 5.74) is 0.232. The maximum absolute atomic E-state index is 13.8. The number of carbonyl (C=O) groups excluding carboxylic acids is 2. The highest BCUT2D eigenvalue weighted by atomic mass is 19.4. The van der Waals surface area contributed by atoms with Crippen LogP contribution in [-0.2, 0) is 21.8 Å². The van der Waals surface area contributed by atoms with Gasteiger partial charge >= 0.3 is 6.18 Å². The third-order valence-corrected chi connectivity index (χ3v) is 9.03. The van der Waals surface area contributed by atoms with Crippen LogP contribution in [0.4, 0.5) is 13.2 Å². The normalized spacial score (nSPS) is 20.0. The maximum Gasteiger partial charge on any atom is 0.416 e. The Labute approximate surface area is 257 Å². The molecular weight excluding hydrogens is 567 g/mol. The van der Waals surface area contributed by atoms with Gasteiger partial charge in [0.1, 0.15) is 5.75 Å². The average molecular weight is 608 g/mol. The molecule has 6 nitrogen and oxygen atoms in total. The largest absolute Gasteiger partial charge is 0.491 e. The van der Waals surface area contributed by atoms with Crippen molar-refractivity contribution >= 4 is 11.8 Å². The van der Waals surface area contributed by atoms with Crippen LogP contribution in [0.1, 0.15) is 66.6 Å². The maximum atomic E-state index is 13.8. The van der Waals surface area contributed by atoms with Gasteiger partial charge in [-0.15, -0.1) is 0 Å². The fourth-order valence-corrected chi connectivity index (χ4v) is 6.64. The molecule has 2 aliphatic heterocycles. The molecule has 3 aromatic rings. The monoisotopic (exact) mass is 607 g/mol. The zero-order valence-corrected chi connectivity index (χ0v) is 25.3. The van der Waals surface area contributed by atoms with Gasteiger partial charge in [-0.3, -0.25) is 9.59 Å². The number of halogens is 3. The van der Waals surface area contributed by atoms with Crippen molar-refractivity contribution in [2.45, 2.75) is 62.6 Å². The number of likely N-dealkylation sites (tertiary alicyclic amines) is 1. The van der Waals surface area contributed by atoms with Crippen LogP contribution in [0.5, 0.6) is 5.75 Å². The van der Waals surface area contributed by atoms with Gasteiger partial charge in [-0.25, -0.2) is 0 Å². The van der Waals surface area contributed by atoms with Crippen LogP contribution in [0.2, 0.25) is 0 Å². The summed E-state index contributed by atoms with van der Waals surface area (Å²) in [6.07, 6.45) is -2.09. The van der Waals surface area contributed by atoms with E-state index in [0.29, 0.717) is 56.6 Å². The topological polar surface area (TPSA) is 70.7 Å². The highest BCUT2D eigenvalue weighted by Gasteiger charge is 2.44. The third kappa shape index (κ3) is 6.78. The number of rotatable bonds is 9. The molecule has 3 aromatic carbocycles. The second-order valence-corrected chi connectivity index (χ2v) is 12.2. The number of nitrogens with zero attached hydrogens (tertiary/aromatic N) is 1. The first kappa shape index (κ1) is 31.6. The Morgan fingerprint density at radius 2 is 1.64 bits per heavy atom. The van der Waals surface area contributed by atoms with E-state index in [-0.39, 0.29) is 17.9 Å². The number of amides is 2. The molecule has 234 valence electrons. The van der Waals surface area contributed by atoms with Gasteiger partial charge in [-0.1, -0.05) is 48.5 Å².